The maximum absolute atomic E-state index is 12.5. The number of carbonyl (C=O) groups is 1. The van der Waals surface area contributed by atoms with Gasteiger partial charge in [-0.25, -0.2) is 15.0 Å². The Balaban J connectivity index is 0.00000372. The number of carbonyl (C=O) groups excluding carboxylic acids is 1. The van der Waals surface area contributed by atoms with Gasteiger partial charge in [-0.3, -0.25) is 9.69 Å². The molecule has 46 heavy (non-hydrogen) atoms. The SMILES string of the molecule is Cl.NCC1CCC(CN2CCN(c3ccc(Nc4ncnc5c4ncn5C4CC(NC(=O)Cc5ccccc5)C4)cc3)CC2)CC1. The normalized spacial score (nSPS) is 23.4. The third-order valence-corrected chi connectivity index (χ3v) is 10.1. The number of fused-ring (bicyclic) bond motifs is 1. The van der Waals surface area contributed by atoms with Crippen LogP contribution in [0.2, 0.25) is 0 Å². The largest absolute Gasteiger partial charge is 0.369 e. The number of nitrogens with zero attached hydrogens (tertiary/aromatic N) is 6. The third kappa shape index (κ3) is 7.45. The lowest BCUT2D eigenvalue weighted by molar-refractivity contribution is -0.121. The van der Waals surface area contributed by atoms with Crippen molar-refractivity contribution in [2.45, 2.75) is 57.0 Å². The Morgan fingerprint density at radius 1 is 0.870 bits per heavy atom. The van der Waals surface area contributed by atoms with E-state index in [1.54, 1.807) is 6.33 Å². The van der Waals surface area contributed by atoms with Crippen LogP contribution in [0.15, 0.2) is 67.3 Å². The standard InChI is InChI=1S/C35H45N9O.ClH/c36-21-26-6-8-27(9-7-26)22-42-14-16-43(17-15-42)30-12-10-28(11-13-30)41-34-33-35(38-23-37-34)44(24-39-33)31-19-29(20-31)40-32(45)18-25-4-2-1-3-5-25;/h1-5,10-13,23-24,26-27,29,31H,6-9,14-22,36H2,(H,40,45)(H,37,38,41);1H. The van der Waals surface area contributed by atoms with E-state index in [-0.39, 0.29) is 30.4 Å². The van der Waals surface area contributed by atoms with E-state index >= 15 is 0 Å². The van der Waals surface area contributed by atoms with Crippen LogP contribution in [0.1, 0.15) is 50.1 Å². The monoisotopic (exact) mass is 643 g/mol. The van der Waals surface area contributed by atoms with Crippen molar-refractivity contribution in [3.63, 3.8) is 0 Å². The lowest BCUT2D eigenvalue weighted by Gasteiger charge is -2.39. The van der Waals surface area contributed by atoms with Crippen LogP contribution >= 0.6 is 12.4 Å². The Kier molecular flexibility index (Phi) is 10.4. The molecule has 2 aliphatic carbocycles. The molecular formula is C35H46ClN9O. The van der Waals surface area contributed by atoms with Crippen LogP contribution in [-0.4, -0.2) is 75.6 Å². The summed E-state index contributed by atoms with van der Waals surface area (Å²) >= 11 is 0. The minimum absolute atomic E-state index is 0. The highest BCUT2D eigenvalue weighted by Gasteiger charge is 2.33. The molecule has 4 N–H and O–H groups in total. The minimum atomic E-state index is 0. The highest BCUT2D eigenvalue weighted by atomic mass is 35.5. The van der Waals surface area contributed by atoms with Crippen LogP contribution < -0.4 is 21.3 Å². The number of hydrogen-bond donors (Lipinski definition) is 3. The number of anilines is 3. The van der Waals surface area contributed by atoms with Gasteiger partial charge >= 0.3 is 0 Å². The molecule has 244 valence electrons. The molecule has 2 aromatic heterocycles. The highest BCUT2D eigenvalue weighted by Crippen LogP contribution is 2.35. The van der Waals surface area contributed by atoms with Gasteiger partial charge in [-0.1, -0.05) is 30.3 Å². The second kappa shape index (κ2) is 14.8. The number of benzene rings is 2. The van der Waals surface area contributed by atoms with Gasteiger partial charge in [0.05, 0.1) is 12.7 Å². The molecule has 0 unspecified atom stereocenters. The number of rotatable bonds is 10. The lowest BCUT2D eigenvalue weighted by Crippen LogP contribution is -2.48. The Morgan fingerprint density at radius 3 is 2.30 bits per heavy atom. The second-order valence-electron chi connectivity index (χ2n) is 13.2. The molecule has 0 radical (unpaired) electrons. The van der Waals surface area contributed by atoms with Gasteiger partial charge in [0.15, 0.2) is 17.0 Å². The van der Waals surface area contributed by atoms with Crippen LogP contribution in [0, 0.1) is 11.8 Å². The summed E-state index contributed by atoms with van der Waals surface area (Å²) in [4.78, 5) is 31.4. The number of hydrogen-bond acceptors (Lipinski definition) is 8. The van der Waals surface area contributed by atoms with Crippen LogP contribution in [0.25, 0.3) is 11.2 Å². The first-order chi connectivity index (χ1) is 22.1. The molecule has 0 atom stereocenters. The fourth-order valence-electron chi connectivity index (χ4n) is 7.30. The van der Waals surface area contributed by atoms with Crippen molar-refractivity contribution in [2.24, 2.45) is 17.6 Å². The summed E-state index contributed by atoms with van der Waals surface area (Å²) < 4.78 is 2.12. The van der Waals surface area contributed by atoms with Crippen molar-refractivity contribution in [1.29, 1.82) is 0 Å². The van der Waals surface area contributed by atoms with E-state index in [9.17, 15) is 4.79 Å². The van der Waals surface area contributed by atoms with E-state index in [4.69, 9.17) is 5.73 Å². The van der Waals surface area contributed by atoms with E-state index in [0.717, 1.165) is 79.8 Å². The summed E-state index contributed by atoms with van der Waals surface area (Å²) in [6, 6.07) is 18.9. The van der Waals surface area contributed by atoms with Gasteiger partial charge in [-0.05, 0) is 86.7 Å². The molecule has 0 spiro atoms. The van der Waals surface area contributed by atoms with Crippen LogP contribution in [0.4, 0.5) is 17.2 Å². The molecule has 1 saturated heterocycles. The average molecular weight is 644 g/mol. The van der Waals surface area contributed by atoms with Crippen molar-refractivity contribution in [3.8, 4) is 0 Å². The highest BCUT2D eigenvalue weighted by molar-refractivity contribution is 5.86. The fraction of sp³-hybridized carbons (Fsp3) is 0.486. The van der Waals surface area contributed by atoms with E-state index < -0.39 is 0 Å². The molecule has 2 saturated carbocycles. The van der Waals surface area contributed by atoms with Gasteiger partial charge in [-0.2, -0.15) is 0 Å². The van der Waals surface area contributed by atoms with Gasteiger partial charge in [0.25, 0.3) is 0 Å². The van der Waals surface area contributed by atoms with Gasteiger partial charge in [0.2, 0.25) is 5.91 Å². The molecule has 3 fully saturated rings. The number of nitrogens with two attached hydrogens (primary N) is 1. The molecule has 1 amide bonds. The van der Waals surface area contributed by atoms with Crippen molar-refractivity contribution >= 4 is 46.7 Å². The lowest BCUT2D eigenvalue weighted by atomic mass is 9.82. The Morgan fingerprint density at radius 2 is 1.59 bits per heavy atom. The van der Waals surface area contributed by atoms with Crippen molar-refractivity contribution in [1.82, 2.24) is 29.7 Å². The smallest absolute Gasteiger partial charge is 0.224 e. The molecule has 3 heterocycles. The molecule has 2 aromatic carbocycles. The maximum Gasteiger partial charge on any atom is 0.224 e. The molecular weight excluding hydrogens is 598 g/mol. The zero-order chi connectivity index (χ0) is 30.6. The quantitative estimate of drug-likeness (QED) is 0.223. The number of nitrogens with one attached hydrogen (secondary N) is 2. The molecule has 7 rings (SSSR count). The van der Waals surface area contributed by atoms with Gasteiger partial charge in [0.1, 0.15) is 6.33 Å². The predicted molar refractivity (Wildman–Crippen MR) is 186 cm³/mol. The first kappa shape index (κ1) is 32.2. The van der Waals surface area contributed by atoms with E-state index in [1.165, 1.54) is 37.9 Å². The molecule has 3 aliphatic rings. The number of imidazole rings is 1. The van der Waals surface area contributed by atoms with E-state index in [2.05, 4.69) is 64.2 Å². The molecule has 0 bridgehead atoms. The number of halogens is 1. The number of aromatic nitrogens is 4. The van der Waals surface area contributed by atoms with E-state index in [0.29, 0.717) is 12.2 Å². The predicted octanol–water partition coefficient (Wildman–Crippen LogP) is 4.94. The number of amides is 1. The summed E-state index contributed by atoms with van der Waals surface area (Å²) in [5.41, 5.74) is 10.7. The van der Waals surface area contributed by atoms with Crippen LogP contribution in [-0.2, 0) is 11.2 Å². The zero-order valence-corrected chi connectivity index (χ0v) is 27.2. The summed E-state index contributed by atoms with van der Waals surface area (Å²) in [5, 5.41) is 6.64. The summed E-state index contributed by atoms with van der Waals surface area (Å²) in [6.45, 7) is 6.47. The molecule has 4 aromatic rings. The maximum atomic E-state index is 12.5. The average Bonchev–Trinajstić information content (AvgIpc) is 3.49. The molecule has 11 heteroatoms. The number of piperazine rings is 1. The topological polar surface area (TPSA) is 117 Å². The van der Waals surface area contributed by atoms with Crippen molar-refractivity contribution in [2.75, 3.05) is 49.5 Å². The minimum Gasteiger partial charge on any atom is -0.369 e. The summed E-state index contributed by atoms with van der Waals surface area (Å²) in [7, 11) is 0. The van der Waals surface area contributed by atoms with Gasteiger partial charge in [0, 0.05) is 56.2 Å². The first-order valence-electron chi connectivity index (χ1n) is 16.7. The first-order valence-corrected chi connectivity index (χ1v) is 16.7. The van der Waals surface area contributed by atoms with Gasteiger partial charge in [-0.15, -0.1) is 12.4 Å². The van der Waals surface area contributed by atoms with Crippen molar-refractivity contribution in [3.05, 3.63) is 72.8 Å². The fourth-order valence-corrected chi connectivity index (χ4v) is 7.30. The molecule has 10 nitrogen and oxygen atoms in total. The second-order valence-corrected chi connectivity index (χ2v) is 13.2. The third-order valence-electron chi connectivity index (χ3n) is 10.1. The Labute approximate surface area is 277 Å². The van der Waals surface area contributed by atoms with Crippen LogP contribution in [0.5, 0.6) is 0 Å². The van der Waals surface area contributed by atoms with E-state index in [1.807, 2.05) is 36.7 Å². The molecule has 1 aliphatic heterocycles. The van der Waals surface area contributed by atoms with Crippen LogP contribution in [0.3, 0.4) is 0 Å². The van der Waals surface area contributed by atoms with Gasteiger partial charge < -0.3 is 25.8 Å². The summed E-state index contributed by atoms with van der Waals surface area (Å²) in [6.07, 6.45) is 10.9. The Bertz CT molecular complexity index is 1560. The zero-order valence-electron chi connectivity index (χ0n) is 26.4. The summed E-state index contributed by atoms with van der Waals surface area (Å²) in [5.74, 6) is 2.36. The van der Waals surface area contributed by atoms with Crippen molar-refractivity contribution < 1.29 is 4.79 Å². The Hall–Kier alpha value is -3.73.